The minimum atomic E-state index is -3.99. The molecule has 1 aromatic carbocycles. The van der Waals surface area contributed by atoms with Gasteiger partial charge in [0.15, 0.2) is 0 Å². The second-order valence-corrected chi connectivity index (χ2v) is 13.5. The van der Waals surface area contributed by atoms with E-state index in [1.54, 1.807) is 60.6 Å². The van der Waals surface area contributed by atoms with Gasteiger partial charge < -0.3 is 14.8 Å². The molecular weight excluding hydrogens is 542 g/mol. The fourth-order valence-electron chi connectivity index (χ4n) is 3.85. The van der Waals surface area contributed by atoms with E-state index >= 15 is 0 Å². The Morgan fingerprint density at radius 1 is 1.03 bits per heavy atom. The van der Waals surface area contributed by atoms with E-state index in [0.29, 0.717) is 28.4 Å². The number of rotatable bonds is 8. The van der Waals surface area contributed by atoms with Gasteiger partial charge in [0.25, 0.3) is 0 Å². The van der Waals surface area contributed by atoms with Crippen molar-refractivity contribution >= 4 is 44.8 Å². The zero-order chi connectivity index (χ0) is 29.0. The first-order valence-corrected chi connectivity index (χ1v) is 15.1. The van der Waals surface area contributed by atoms with Crippen molar-refractivity contribution in [2.24, 2.45) is 0 Å². The third-order valence-electron chi connectivity index (χ3n) is 5.31. The van der Waals surface area contributed by atoms with Crippen molar-refractivity contribution in [3.8, 4) is 10.6 Å². The highest BCUT2D eigenvalue weighted by Gasteiger charge is 2.28. The summed E-state index contributed by atoms with van der Waals surface area (Å²) in [5.41, 5.74) is 0.890. The predicted octanol–water partition coefficient (Wildman–Crippen LogP) is 5.31. The van der Waals surface area contributed by atoms with Gasteiger partial charge in [-0.25, -0.2) is 22.7 Å². The molecule has 1 unspecified atom stereocenters. The van der Waals surface area contributed by atoms with E-state index in [0.717, 1.165) is 12.0 Å². The van der Waals surface area contributed by atoms with Crippen LogP contribution in [-0.4, -0.2) is 54.6 Å². The zero-order valence-corrected chi connectivity index (χ0v) is 25.0. The molecule has 3 rings (SSSR count). The maximum atomic E-state index is 13.4. The van der Waals surface area contributed by atoms with Crippen molar-refractivity contribution in [2.45, 2.75) is 96.4 Å². The Balaban J connectivity index is 1.87. The predicted molar refractivity (Wildman–Crippen MR) is 151 cm³/mol. The molecule has 214 valence electrons. The van der Waals surface area contributed by atoms with E-state index < -0.39 is 27.7 Å². The van der Waals surface area contributed by atoms with Gasteiger partial charge in [-0.05, 0) is 91.5 Å². The largest absolute Gasteiger partial charge is 0.447 e. The molecule has 11 nitrogen and oxygen atoms in total. The molecule has 13 heteroatoms. The van der Waals surface area contributed by atoms with Crippen molar-refractivity contribution in [3.05, 3.63) is 29.3 Å². The van der Waals surface area contributed by atoms with Crippen LogP contribution in [0.15, 0.2) is 29.2 Å². The summed E-state index contributed by atoms with van der Waals surface area (Å²) in [5.74, 6) is 0. The van der Waals surface area contributed by atoms with Crippen LogP contribution >= 0.6 is 11.3 Å². The average Bonchev–Trinajstić information content (AvgIpc) is 3.27. The fraction of sp³-hybridized carbons (Fsp3) is 0.538. The number of nitrogens with zero attached hydrogens (tertiary/aromatic N) is 2. The molecule has 0 radical (unpaired) electrons. The van der Waals surface area contributed by atoms with Crippen molar-refractivity contribution in [2.75, 3.05) is 5.32 Å². The number of allylic oxidation sites excluding steroid dienone is 1. The minimum absolute atomic E-state index is 0.0324. The molecule has 3 N–H and O–H groups in total. The van der Waals surface area contributed by atoms with Crippen LogP contribution in [0.1, 0.15) is 72.7 Å². The lowest BCUT2D eigenvalue weighted by Crippen LogP contribution is -2.40. The van der Waals surface area contributed by atoms with E-state index in [1.807, 2.05) is 6.08 Å². The number of carbonyl (C=O) groups is 2. The maximum absolute atomic E-state index is 13.4. The Labute approximate surface area is 233 Å². The summed E-state index contributed by atoms with van der Waals surface area (Å²) in [6.45, 7) is 12.3. The van der Waals surface area contributed by atoms with Gasteiger partial charge in [-0.3, -0.25) is 5.32 Å². The molecule has 0 aliphatic heterocycles. The van der Waals surface area contributed by atoms with Crippen LogP contribution in [0.25, 0.3) is 16.1 Å². The molecule has 39 heavy (non-hydrogen) atoms. The van der Waals surface area contributed by atoms with Gasteiger partial charge in [-0.1, -0.05) is 17.4 Å². The number of anilines is 1. The zero-order valence-electron chi connectivity index (χ0n) is 23.3. The number of hydrogen-bond donors (Lipinski definition) is 3. The molecule has 2 amide bonds. The Morgan fingerprint density at radius 3 is 2.26 bits per heavy atom. The van der Waals surface area contributed by atoms with E-state index in [9.17, 15) is 18.0 Å². The SMILES string of the molecule is CC(C)OC(=O)Nc1ccc(-c2nnc(C3=CCC(NC(=O)OC(C)C)CC3)s2)c(S(=O)(=O)NC(C)(C)C)c1. The van der Waals surface area contributed by atoms with Gasteiger partial charge in [0.2, 0.25) is 10.0 Å². The van der Waals surface area contributed by atoms with E-state index in [4.69, 9.17) is 9.47 Å². The summed E-state index contributed by atoms with van der Waals surface area (Å²) in [5, 5.41) is 15.2. The molecule has 1 aliphatic rings. The van der Waals surface area contributed by atoms with Crippen LogP contribution in [0.2, 0.25) is 0 Å². The lowest BCUT2D eigenvalue weighted by molar-refractivity contribution is 0.111. The maximum Gasteiger partial charge on any atom is 0.411 e. The molecule has 0 spiro atoms. The lowest BCUT2D eigenvalue weighted by atomic mass is 9.96. The van der Waals surface area contributed by atoms with Crippen molar-refractivity contribution < 1.29 is 27.5 Å². The summed E-state index contributed by atoms with van der Waals surface area (Å²) < 4.78 is 39.7. The molecule has 1 aliphatic carbocycles. The van der Waals surface area contributed by atoms with Crippen LogP contribution in [0.3, 0.4) is 0 Å². The highest BCUT2D eigenvalue weighted by molar-refractivity contribution is 7.89. The van der Waals surface area contributed by atoms with Gasteiger partial charge in [-0.2, -0.15) is 0 Å². The Morgan fingerprint density at radius 2 is 1.67 bits per heavy atom. The van der Waals surface area contributed by atoms with Crippen molar-refractivity contribution in [1.82, 2.24) is 20.2 Å². The second-order valence-electron chi connectivity index (χ2n) is 10.9. The fourth-order valence-corrected chi connectivity index (χ4v) is 6.52. The number of amides is 2. The molecule has 2 aromatic rings. The van der Waals surface area contributed by atoms with Crippen LogP contribution in [-0.2, 0) is 19.5 Å². The number of benzene rings is 1. The number of carbonyl (C=O) groups excluding carboxylic acids is 2. The average molecular weight is 580 g/mol. The Kier molecular flexibility index (Phi) is 9.73. The minimum Gasteiger partial charge on any atom is -0.447 e. The van der Waals surface area contributed by atoms with Crippen LogP contribution in [0, 0.1) is 0 Å². The summed E-state index contributed by atoms with van der Waals surface area (Å²) in [4.78, 5) is 24.0. The van der Waals surface area contributed by atoms with Crippen molar-refractivity contribution in [1.29, 1.82) is 0 Å². The Bertz CT molecular complexity index is 1330. The summed E-state index contributed by atoms with van der Waals surface area (Å²) in [6.07, 6.45) is 2.40. The third kappa shape index (κ3) is 9.01. The standard InChI is InChI=1S/C26H37N5O6S2/c1-15(2)36-24(32)27-18-10-8-17(9-11-18)22-29-30-23(38-22)20-13-12-19(28-25(33)37-16(3)4)14-21(20)39(34,35)31-26(5,6)7/h8,12-16,18,31H,9-11H2,1-7H3,(H,27,32)(H,28,33). The van der Waals surface area contributed by atoms with Gasteiger partial charge in [-0.15, -0.1) is 10.2 Å². The smallest absolute Gasteiger partial charge is 0.411 e. The van der Waals surface area contributed by atoms with Crippen LogP contribution in [0.5, 0.6) is 0 Å². The number of hydrogen-bond acceptors (Lipinski definition) is 9. The molecule has 1 atom stereocenters. The van der Waals surface area contributed by atoms with Gasteiger partial charge in [0.1, 0.15) is 10.0 Å². The van der Waals surface area contributed by atoms with Gasteiger partial charge in [0, 0.05) is 22.8 Å². The highest BCUT2D eigenvalue weighted by Crippen LogP contribution is 2.36. The first kappa shape index (κ1) is 30.5. The Hall–Kier alpha value is -3.03. The number of aromatic nitrogens is 2. The van der Waals surface area contributed by atoms with Gasteiger partial charge >= 0.3 is 12.2 Å². The topological polar surface area (TPSA) is 149 Å². The summed E-state index contributed by atoms with van der Waals surface area (Å²) in [6, 6.07) is 4.55. The quantitative estimate of drug-likeness (QED) is 0.381. The van der Waals surface area contributed by atoms with E-state index in [-0.39, 0.29) is 28.8 Å². The second kappa shape index (κ2) is 12.4. The first-order chi connectivity index (χ1) is 18.1. The van der Waals surface area contributed by atoms with Crippen LogP contribution in [0.4, 0.5) is 15.3 Å². The normalized spacial score (nSPS) is 16.1. The number of sulfonamides is 1. The number of ether oxygens (including phenoxy) is 2. The molecular formula is C26H37N5O6S2. The van der Waals surface area contributed by atoms with Crippen molar-refractivity contribution in [3.63, 3.8) is 0 Å². The lowest BCUT2D eigenvalue weighted by Gasteiger charge is -2.22. The molecule has 0 saturated heterocycles. The monoisotopic (exact) mass is 579 g/mol. The van der Waals surface area contributed by atoms with E-state index in [1.165, 1.54) is 17.4 Å². The molecule has 1 heterocycles. The molecule has 0 fully saturated rings. The molecule has 0 bridgehead atoms. The molecule has 0 saturated carbocycles. The number of nitrogens with one attached hydrogen (secondary N) is 3. The first-order valence-electron chi connectivity index (χ1n) is 12.8. The number of alkyl carbamates (subject to hydrolysis) is 1. The highest BCUT2D eigenvalue weighted by atomic mass is 32.2. The summed E-state index contributed by atoms with van der Waals surface area (Å²) in [7, 11) is -3.99. The van der Waals surface area contributed by atoms with E-state index in [2.05, 4.69) is 25.6 Å². The van der Waals surface area contributed by atoms with Crippen LogP contribution < -0.4 is 15.4 Å². The summed E-state index contributed by atoms with van der Waals surface area (Å²) >= 11 is 1.29. The molecule has 1 aromatic heterocycles. The van der Waals surface area contributed by atoms with Gasteiger partial charge in [0.05, 0.1) is 17.1 Å². The third-order valence-corrected chi connectivity index (χ3v) is 8.14.